The van der Waals surface area contributed by atoms with Crippen LogP contribution in [-0.4, -0.2) is 22.1 Å². The number of rotatable bonds is 5. The molecule has 0 fully saturated rings. The predicted octanol–water partition coefficient (Wildman–Crippen LogP) is 4.85. The van der Waals surface area contributed by atoms with Crippen LogP contribution in [0.25, 0.3) is 11.5 Å². The summed E-state index contributed by atoms with van der Waals surface area (Å²) < 4.78 is 49.1. The number of nitrogens with zero attached hydrogens (tertiary/aromatic N) is 3. The normalized spacial score (nSPS) is 13.3. The summed E-state index contributed by atoms with van der Waals surface area (Å²) in [7, 11) is 1.90. The standard InChI is InChI=1S/C18H18F3N3O2/c1-11(15-7-8-25-23-15)24(3)10-16-12(2)26-17(22-16)13-5-4-6-14(9-13)18(19,20)21/h4-9,11H,10H2,1-3H3. The van der Waals surface area contributed by atoms with Crippen molar-refractivity contribution in [2.24, 2.45) is 0 Å². The molecule has 3 rings (SSSR count). The lowest BCUT2D eigenvalue weighted by molar-refractivity contribution is -0.137. The van der Waals surface area contributed by atoms with Crippen molar-refractivity contribution in [2.75, 3.05) is 7.05 Å². The molecule has 0 aliphatic rings. The molecular weight excluding hydrogens is 347 g/mol. The Labute approximate surface area is 148 Å². The van der Waals surface area contributed by atoms with Crippen LogP contribution in [0.2, 0.25) is 0 Å². The van der Waals surface area contributed by atoms with E-state index in [1.807, 2.05) is 18.9 Å². The van der Waals surface area contributed by atoms with Crippen LogP contribution in [0.5, 0.6) is 0 Å². The van der Waals surface area contributed by atoms with Crippen LogP contribution in [0.3, 0.4) is 0 Å². The van der Waals surface area contributed by atoms with E-state index in [1.165, 1.54) is 12.3 Å². The molecule has 26 heavy (non-hydrogen) atoms. The summed E-state index contributed by atoms with van der Waals surface area (Å²) >= 11 is 0. The molecule has 138 valence electrons. The second-order valence-electron chi connectivity index (χ2n) is 6.12. The number of aromatic nitrogens is 2. The number of benzene rings is 1. The van der Waals surface area contributed by atoms with Gasteiger partial charge in [0.25, 0.3) is 0 Å². The topological polar surface area (TPSA) is 55.3 Å². The Balaban J connectivity index is 1.81. The van der Waals surface area contributed by atoms with Crippen LogP contribution >= 0.6 is 0 Å². The maximum atomic E-state index is 12.9. The van der Waals surface area contributed by atoms with Crippen LogP contribution in [0, 0.1) is 6.92 Å². The second kappa shape index (κ2) is 6.95. The molecule has 8 heteroatoms. The average molecular weight is 365 g/mol. The summed E-state index contributed by atoms with van der Waals surface area (Å²) in [6, 6.07) is 6.72. The molecule has 2 aromatic heterocycles. The number of hydrogen-bond acceptors (Lipinski definition) is 5. The molecule has 0 radical (unpaired) electrons. The predicted molar refractivity (Wildman–Crippen MR) is 88.1 cm³/mol. The molecule has 0 amide bonds. The largest absolute Gasteiger partial charge is 0.441 e. The van der Waals surface area contributed by atoms with Gasteiger partial charge in [0.1, 0.15) is 17.7 Å². The summed E-state index contributed by atoms with van der Waals surface area (Å²) in [4.78, 5) is 6.39. The highest BCUT2D eigenvalue weighted by Crippen LogP contribution is 2.32. The van der Waals surface area contributed by atoms with Crippen molar-refractivity contribution >= 4 is 0 Å². The molecular formula is C18H18F3N3O2. The number of oxazole rings is 1. The van der Waals surface area contributed by atoms with Crippen molar-refractivity contribution in [1.29, 1.82) is 0 Å². The lowest BCUT2D eigenvalue weighted by Crippen LogP contribution is -2.22. The van der Waals surface area contributed by atoms with E-state index in [9.17, 15) is 13.2 Å². The molecule has 1 atom stereocenters. The first-order valence-corrected chi connectivity index (χ1v) is 8.00. The Morgan fingerprint density at radius 3 is 2.65 bits per heavy atom. The molecule has 1 aromatic carbocycles. The Bertz CT molecular complexity index is 872. The van der Waals surface area contributed by atoms with Gasteiger partial charge in [-0.25, -0.2) is 4.98 Å². The minimum absolute atomic E-state index is 0.0122. The van der Waals surface area contributed by atoms with Crippen molar-refractivity contribution in [3.05, 3.63) is 59.3 Å². The van der Waals surface area contributed by atoms with E-state index in [-0.39, 0.29) is 11.9 Å². The number of alkyl halides is 3. The van der Waals surface area contributed by atoms with E-state index in [0.717, 1.165) is 17.8 Å². The van der Waals surface area contributed by atoms with Crippen molar-refractivity contribution in [3.63, 3.8) is 0 Å². The molecule has 0 aliphatic carbocycles. The van der Waals surface area contributed by atoms with Crippen molar-refractivity contribution in [2.45, 2.75) is 32.6 Å². The quantitative estimate of drug-likeness (QED) is 0.647. The molecule has 0 aliphatic heterocycles. The molecule has 1 unspecified atom stereocenters. The second-order valence-corrected chi connectivity index (χ2v) is 6.12. The van der Waals surface area contributed by atoms with Gasteiger partial charge in [-0.3, -0.25) is 4.90 Å². The van der Waals surface area contributed by atoms with Gasteiger partial charge < -0.3 is 8.94 Å². The molecule has 3 aromatic rings. The van der Waals surface area contributed by atoms with E-state index in [2.05, 4.69) is 10.1 Å². The average Bonchev–Trinajstić information content (AvgIpc) is 3.24. The fourth-order valence-electron chi connectivity index (χ4n) is 2.56. The van der Waals surface area contributed by atoms with E-state index >= 15 is 0 Å². The zero-order valence-corrected chi connectivity index (χ0v) is 14.5. The minimum Gasteiger partial charge on any atom is -0.441 e. The lowest BCUT2D eigenvalue weighted by Gasteiger charge is -2.21. The highest BCUT2D eigenvalue weighted by molar-refractivity contribution is 5.55. The monoisotopic (exact) mass is 365 g/mol. The van der Waals surface area contributed by atoms with Crippen molar-refractivity contribution in [1.82, 2.24) is 15.0 Å². The highest BCUT2D eigenvalue weighted by Gasteiger charge is 2.31. The molecule has 0 saturated heterocycles. The number of aryl methyl sites for hydroxylation is 1. The zero-order chi connectivity index (χ0) is 18.9. The third kappa shape index (κ3) is 3.80. The summed E-state index contributed by atoms with van der Waals surface area (Å²) in [6.07, 6.45) is -2.90. The minimum atomic E-state index is -4.41. The van der Waals surface area contributed by atoms with Crippen molar-refractivity contribution in [3.8, 4) is 11.5 Å². The maximum Gasteiger partial charge on any atom is 0.416 e. The fourth-order valence-corrected chi connectivity index (χ4v) is 2.56. The maximum absolute atomic E-state index is 12.9. The molecule has 2 heterocycles. The Morgan fingerprint density at radius 1 is 1.23 bits per heavy atom. The van der Waals surface area contributed by atoms with Gasteiger partial charge in [0.2, 0.25) is 5.89 Å². The molecule has 0 N–H and O–H groups in total. The van der Waals surface area contributed by atoms with Crippen LogP contribution in [-0.2, 0) is 12.7 Å². The molecule has 0 saturated carbocycles. The first-order chi connectivity index (χ1) is 12.3. The Morgan fingerprint density at radius 2 is 2.00 bits per heavy atom. The summed E-state index contributed by atoms with van der Waals surface area (Å²) in [6.45, 7) is 4.18. The van der Waals surface area contributed by atoms with Crippen LogP contribution in [0.15, 0.2) is 45.5 Å². The number of halogens is 3. The SMILES string of the molecule is Cc1oc(-c2cccc(C(F)(F)F)c2)nc1CN(C)C(C)c1ccon1. The van der Waals surface area contributed by atoms with Gasteiger partial charge in [-0.1, -0.05) is 11.2 Å². The van der Waals surface area contributed by atoms with Gasteiger partial charge in [-0.15, -0.1) is 0 Å². The smallest absolute Gasteiger partial charge is 0.416 e. The highest BCUT2D eigenvalue weighted by atomic mass is 19.4. The lowest BCUT2D eigenvalue weighted by atomic mass is 10.1. The van der Waals surface area contributed by atoms with Gasteiger partial charge in [0.05, 0.1) is 17.3 Å². The van der Waals surface area contributed by atoms with Crippen molar-refractivity contribution < 1.29 is 22.1 Å². The summed E-state index contributed by atoms with van der Waals surface area (Å²) in [5.74, 6) is 0.739. The third-order valence-corrected chi connectivity index (χ3v) is 4.28. The van der Waals surface area contributed by atoms with Gasteiger partial charge >= 0.3 is 6.18 Å². The first kappa shape index (κ1) is 18.2. The van der Waals surface area contributed by atoms with Crippen LogP contribution in [0.1, 0.15) is 35.7 Å². The first-order valence-electron chi connectivity index (χ1n) is 8.00. The molecule has 5 nitrogen and oxygen atoms in total. The van der Waals surface area contributed by atoms with Crippen LogP contribution < -0.4 is 0 Å². The van der Waals surface area contributed by atoms with Gasteiger partial charge in [-0.05, 0) is 39.1 Å². The molecule has 0 spiro atoms. The number of hydrogen-bond donors (Lipinski definition) is 0. The van der Waals surface area contributed by atoms with Gasteiger partial charge in [-0.2, -0.15) is 13.2 Å². The van der Waals surface area contributed by atoms with Gasteiger partial charge in [0, 0.05) is 18.2 Å². The zero-order valence-electron chi connectivity index (χ0n) is 14.5. The molecule has 0 bridgehead atoms. The van der Waals surface area contributed by atoms with E-state index in [4.69, 9.17) is 8.94 Å². The van der Waals surface area contributed by atoms with Crippen LogP contribution in [0.4, 0.5) is 13.2 Å². The van der Waals surface area contributed by atoms with E-state index in [1.54, 1.807) is 19.1 Å². The third-order valence-electron chi connectivity index (χ3n) is 4.28. The van der Waals surface area contributed by atoms with E-state index in [0.29, 0.717) is 23.6 Å². The summed E-state index contributed by atoms with van der Waals surface area (Å²) in [5, 5.41) is 3.92. The Kier molecular flexibility index (Phi) is 4.86. The van der Waals surface area contributed by atoms with E-state index < -0.39 is 11.7 Å². The Hall–Kier alpha value is -2.61. The van der Waals surface area contributed by atoms with Gasteiger partial charge in [0.15, 0.2) is 0 Å². The fraction of sp³-hybridized carbons (Fsp3) is 0.333. The summed E-state index contributed by atoms with van der Waals surface area (Å²) in [5.41, 5.74) is 1.01.